The molecule has 2 unspecified atom stereocenters. The molecule has 1 aromatic heterocycles. The topological polar surface area (TPSA) is 70.5 Å². The first-order chi connectivity index (χ1) is 15.9. The molecule has 172 valence electrons. The van der Waals surface area contributed by atoms with Crippen LogP contribution in [0.5, 0.6) is 11.8 Å². The molecule has 0 spiro atoms. The molecule has 2 aliphatic heterocycles. The molecule has 2 saturated heterocycles. The number of ether oxygens (including phenoxy) is 1. The average Bonchev–Trinajstić information content (AvgIpc) is 3.56. The summed E-state index contributed by atoms with van der Waals surface area (Å²) in [7, 11) is 1.47. The number of hydrogen-bond donors (Lipinski definition) is 2. The molecule has 3 aliphatic rings. The summed E-state index contributed by atoms with van der Waals surface area (Å²) in [5.74, 6) is 0.248. The number of fused-ring (bicyclic) bond motifs is 3. The first-order valence-electron chi connectivity index (χ1n) is 11.2. The van der Waals surface area contributed by atoms with Gasteiger partial charge in [0.1, 0.15) is 17.1 Å². The molecular formula is C24H23Cl2FN4O2. The van der Waals surface area contributed by atoms with Crippen LogP contribution in [-0.4, -0.2) is 47.4 Å². The molecule has 2 atom stereocenters. The molecule has 33 heavy (non-hydrogen) atoms. The second kappa shape index (κ2) is 7.86. The zero-order chi connectivity index (χ0) is 22.9. The number of aromatic hydroxyl groups is 1. The van der Waals surface area contributed by atoms with E-state index in [1.54, 1.807) is 6.07 Å². The van der Waals surface area contributed by atoms with Gasteiger partial charge in [0.25, 0.3) is 0 Å². The van der Waals surface area contributed by atoms with E-state index in [2.05, 4.69) is 20.2 Å². The number of phenolic OH excluding ortho intramolecular Hbond substituents is 1. The van der Waals surface area contributed by atoms with Gasteiger partial charge >= 0.3 is 6.01 Å². The summed E-state index contributed by atoms with van der Waals surface area (Å²) in [6.45, 7) is 1.56. The lowest BCUT2D eigenvalue weighted by atomic mass is 9.94. The van der Waals surface area contributed by atoms with E-state index in [0.29, 0.717) is 33.9 Å². The van der Waals surface area contributed by atoms with Crippen molar-refractivity contribution in [3.63, 3.8) is 0 Å². The minimum absolute atomic E-state index is 0.0350. The van der Waals surface area contributed by atoms with E-state index in [1.807, 2.05) is 0 Å². The van der Waals surface area contributed by atoms with Crippen molar-refractivity contribution in [1.29, 1.82) is 0 Å². The second-order valence-electron chi connectivity index (χ2n) is 9.18. The van der Waals surface area contributed by atoms with Crippen LogP contribution in [0.3, 0.4) is 0 Å². The third-order valence-electron chi connectivity index (χ3n) is 6.91. The van der Waals surface area contributed by atoms with Gasteiger partial charge in [0.05, 0.1) is 12.1 Å². The number of anilines is 1. The molecule has 3 aromatic rings. The first kappa shape index (κ1) is 21.2. The highest BCUT2D eigenvalue weighted by Gasteiger charge is 2.35. The van der Waals surface area contributed by atoms with Crippen LogP contribution in [0.4, 0.5) is 10.2 Å². The van der Waals surface area contributed by atoms with Gasteiger partial charge in [-0.25, -0.2) is 4.39 Å². The Balaban J connectivity index is 1.57. The third kappa shape index (κ3) is 3.57. The number of phenols is 1. The summed E-state index contributed by atoms with van der Waals surface area (Å²) in [6, 6.07) is 5.62. The highest BCUT2D eigenvalue weighted by molar-refractivity contribution is 6.35. The number of hydrogen-bond acceptors (Lipinski definition) is 6. The number of nitrogens with one attached hydrogen (secondary N) is 1. The molecule has 1 saturated carbocycles. The van der Waals surface area contributed by atoms with Crippen molar-refractivity contribution in [3.05, 3.63) is 39.6 Å². The Morgan fingerprint density at radius 3 is 2.45 bits per heavy atom. The predicted octanol–water partition coefficient (Wildman–Crippen LogP) is 5.27. The summed E-state index contributed by atoms with van der Waals surface area (Å²) in [4.78, 5) is 11.1. The zero-order valence-corrected chi connectivity index (χ0v) is 19.5. The Kier molecular flexibility index (Phi) is 5.05. The molecule has 9 heteroatoms. The highest BCUT2D eigenvalue weighted by Crippen LogP contribution is 2.51. The number of benzene rings is 2. The molecule has 0 radical (unpaired) electrons. The lowest BCUT2D eigenvalue weighted by molar-refractivity contribution is 0.380. The number of rotatable bonds is 4. The molecule has 2 bridgehead atoms. The standard InChI is InChI=1S/C24H23Cl2FN4O2/c1-33-24-29-22-16(23(30-24)31-9-12-4-5-13(10-31)28-12)8-18(26)20(21(22)27)15-6-14(32)7-17(25)19(15)11-2-3-11/h6-8,11-13,28,32H,2-5,9-10H2,1H3. The van der Waals surface area contributed by atoms with E-state index in [1.165, 1.54) is 19.2 Å². The maximum Gasteiger partial charge on any atom is 0.318 e. The number of halogens is 3. The van der Waals surface area contributed by atoms with Gasteiger partial charge in [0.2, 0.25) is 0 Å². The van der Waals surface area contributed by atoms with Gasteiger partial charge < -0.3 is 20.1 Å². The second-order valence-corrected chi connectivity index (χ2v) is 10.00. The SMILES string of the molecule is COc1nc(N2CC3CCC(C2)N3)c2cc(Cl)c(-c3cc(O)cc(Cl)c3C3CC3)c(F)c2n1. The van der Waals surface area contributed by atoms with Gasteiger partial charge in [0, 0.05) is 41.1 Å². The Morgan fingerprint density at radius 2 is 1.79 bits per heavy atom. The zero-order valence-electron chi connectivity index (χ0n) is 18.0. The maximum atomic E-state index is 16.2. The Morgan fingerprint density at radius 1 is 1.06 bits per heavy atom. The van der Waals surface area contributed by atoms with Crippen LogP contribution in [0.25, 0.3) is 22.0 Å². The molecule has 3 fully saturated rings. The molecule has 3 heterocycles. The summed E-state index contributed by atoms with van der Waals surface area (Å²) in [6.07, 6.45) is 4.16. The third-order valence-corrected chi connectivity index (χ3v) is 7.52. The Hall–Kier alpha value is -2.35. The Bertz CT molecular complexity index is 1270. The van der Waals surface area contributed by atoms with Crippen LogP contribution < -0.4 is 15.0 Å². The van der Waals surface area contributed by atoms with Gasteiger partial charge in [-0.2, -0.15) is 9.97 Å². The lowest BCUT2D eigenvalue weighted by Gasteiger charge is -2.34. The minimum atomic E-state index is -0.568. The smallest absolute Gasteiger partial charge is 0.318 e. The largest absolute Gasteiger partial charge is 0.508 e. The number of aromatic nitrogens is 2. The predicted molar refractivity (Wildman–Crippen MR) is 127 cm³/mol. The van der Waals surface area contributed by atoms with E-state index in [0.717, 1.165) is 44.3 Å². The van der Waals surface area contributed by atoms with Gasteiger partial charge in [-0.05, 0) is 60.9 Å². The van der Waals surface area contributed by atoms with Crippen molar-refractivity contribution in [1.82, 2.24) is 15.3 Å². The van der Waals surface area contributed by atoms with Crippen molar-refractivity contribution in [2.24, 2.45) is 0 Å². The lowest BCUT2D eigenvalue weighted by Crippen LogP contribution is -2.51. The molecule has 6 rings (SSSR count). The minimum Gasteiger partial charge on any atom is -0.508 e. The fourth-order valence-electron chi connectivity index (χ4n) is 5.31. The molecule has 2 aromatic carbocycles. The van der Waals surface area contributed by atoms with E-state index in [9.17, 15) is 5.11 Å². The fraction of sp³-hybridized carbons (Fsp3) is 0.417. The van der Waals surface area contributed by atoms with Crippen LogP contribution in [0.2, 0.25) is 10.0 Å². The normalized spacial score (nSPS) is 22.2. The molecule has 6 nitrogen and oxygen atoms in total. The highest BCUT2D eigenvalue weighted by atomic mass is 35.5. The number of piperazine rings is 1. The van der Waals surface area contributed by atoms with E-state index < -0.39 is 5.82 Å². The van der Waals surface area contributed by atoms with Gasteiger partial charge in [0.15, 0.2) is 5.82 Å². The monoisotopic (exact) mass is 488 g/mol. The molecular weight excluding hydrogens is 466 g/mol. The average molecular weight is 489 g/mol. The van der Waals surface area contributed by atoms with Gasteiger partial charge in [-0.3, -0.25) is 0 Å². The summed E-state index contributed by atoms with van der Waals surface area (Å²) >= 11 is 13.2. The summed E-state index contributed by atoms with van der Waals surface area (Å²) < 4.78 is 21.5. The van der Waals surface area contributed by atoms with Crippen LogP contribution >= 0.6 is 23.2 Å². The van der Waals surface area contributed by atoms with Crippen molar-refractivity contribution in [3.8, 4) is 22.9 Å². The molecule has 0 amide bonds. The van der Waals surface area contributed by atoms with Gasteiger partial charge in [-0.15, -0.1) is 0 Å². The van der Waals surface area contributed by atoms with Crippen LogP contribution in [0.1, 0.15) is 37.2 Å². The quantitative estimate of drug-likeness (QED) is 0.520. The summed E-state index contributed by atoms with van der Waals surface area (Å²) in [5, 5.41) is 15.0. The number of nitrogens with zero attached hydrogens (tertiary/aromatic N) is 3. The van der Waals surface area contributed by atoms with Crippen LogP contribution in [0.15, 0.2) is 18.2 Å². The van der Waals surface area contributed by atoms with Crippen molar-refractivity contribution in [2.75, 3.05) is 25.1 Å². The molecule has 2 N–H and O–H groups in total. The van der Waals surface area contributed by atoms with E-state index >= 15 is 4.39 Å². The maximum absolute atomic E-state index is 16.2. The van der Waals surface area contributed by atoms with E-state index in [4.69, 9.17) is 27.9 Å². The Labute approximate surface area is 200 Å². The van der Waals surface area contributed by atoms with Crippen molar-refractivity contribution in [2.45, 2.75) is 43.7 Å². The first-order valence-corrected chi connectivity index (χ1v) is 12.0. The van der Waals surface area contributed by atoms with Crippen molar-refractivity contribution < 1.29 is 14.2 Å². The van der Waals surface area contributed by atoms with Gasteiger partial charge in [-0.1, -0.05) is 23.2 Å². The van der Waals surface area contributed by atoms with Crippen LogP contribution in [0, 0.1) is 5.82 Å². The molecule has 1 aliphatic carbocycles. The number of methoxy groups -OCH3 is 1. The van der Waals surface area contributed by atoms with Crippen molar-refractivity contribution >= 4 is 39.9 Å². The fourth-order valence-corrected chi connectivity index (χ4v) is 5.97. The van der Waals surface area contributed by atoms with Crippen LogP contribution in [-0.2, 0) is 0 Å². The summed E-state index contributed by atoms with van der Waals surface area (Å²) in [5.41, 5.74) is 1.65. The van der Waals surface area contributed by atoms with E-state index in [-0.39, 0.29) is 33.8 Å².